The third-order valence-electron chi connectivity index (χ3n) is 4.73. The Morgan fingerprint density at radius 2 is 2.00 bits per heavy atom. The summed E-state index contributed by atoms with van der Waals surface area (Å²) in [6.07, 6.45) is 4.34. The molecule has 1 aliphatic heterocycles. The number of amides is 1. The molecule has 158 valence electrons. The van der Waals surface area contributed by atoms with Gasteiger partial charge in [0.25, 0.3) is 5.69 Å². The monoisotopic (exact) mass is 459 g/mol. The van der Waals surface area contributed by atoms with Crippen LogP contribution in [0.3, 0.4) is 0 Å². The highest BCUT2D eigenvalue weighted by atomic mass is 35.5. The van der Waals surface area contributed by atoms with Crippen LogP contribution in [0.2, 0.25) is 10.0 Å². The number of benzene rings is 2. The van der Waals surface area contributed by atoms with Crippen molar-refractivity contribution < 1.29 is 14.8 Å². The van der Waals surface area contributed by atoms with Crippen LogP contribution in [0, 0.1) is 10.1 Å². The SMILES string of the molecule is O=C1CCCN1C=Cc1cc([N+](=O)[O-])cc2c(O)nc(Nc3ccc(Cl)c(Cl)c3)nc12. The number of rotatable bonds is 5. The van der Waals surface area contributed by atoms with Gasteiger partial charge in [0.2, 0.25) is 17.7 Å². The van der Waals surface area contributed by atoms with Gasteiger partial charge in [0.1, 0.15) is 0 Å². The molecule has 0 atom stereocenters. The van der Waals surface area contributed by atoms with Crippen molar-refractivity contribution in [3.8, 4) is 5.88 Å². The molecule has 0 radical (unpaired) electrons. The van der Waals surface area contributed by atoms with E-state index in [0.29, 0.717) is 34.3 Å². The number of carbonyl (C=O) groups is 1. The molecule has 0 saturated carbocycles. The first kappa shape index (κ1) is 20.8. The van der Waals surface area contributed by atoms with E-state index in [9.17, 15) is 20.0 Å². The fourth-order valence-corrected chi connectivity index (χ4v) is 3.51. The molecule has 11 heteroatoms. The smallest absolute Gasteiger partial charge is 0.270 e. The number of aromatic nitrogens is 2. The standard InChI is InChI=1S/C20H15Cl2N5O4/c21-15-4-3-12(9-16(15)22)23-20-24-18-11(5-7-26-6-1-2-17(26)28)8-13(27(30)31)10-14(18)19(29)25-20/h3-5,7-10H,1-2,6H2,(H2,23,24,25,29). The average molecular weight is 460 g/mol. The van der Waals surface area contributed by atoms with E-state index in [1.165, 1.54) is 12.1 Å². The minimum atomic E-state index is -0.570. The molecule has 2 heterocycles. The molecule has 0 aliphatic carbocycles. The summed E-state index contributed by atoms with van der Waals surface area (Å²) in [6, 6.07) is 7.36. The Kier molecular flexibility index (Phi) is 5.62. The van der Waals surface area contributed by atoms with E-state index in [2.05, 4.69) is 15.3 Å². The molecule has 1 saturated heterocycles. The normalized spacial score (nSPS) is 14.0. The minimum absolute atomic E-state index is 0.0227. The topological polar surface area (TPSA) is 121 Å². The summed E-state index contributed by atoms with van der Waals surface area (Å²) in [5.74, 6) is -0.391. The van der Waals surface area contributed by atoms with Gasteiger partial charge < -0.3 is 15.3 Å². The second-order valence-corrected chi connectivity index (χ2v) is 7.63. The Morgan fingerprint density at radius 1 is 1.19 bits per heavy atom. The predicted octanol–water partition coefficient (Wildman–Crippen LogP) is 4.89. The molecule has 9 nitrogen and oxygen atoms in total. The molecule has 0 spiro atoms. The molecule has 1 aromatic heterocycles. The van der Waals surface area contributed by atoms with E-state index in [1.54, 1.807) is 35.4 Å². The number of nitro benzene ring substituents is 1. The molecule has 1 fully saturated rings. The van der Waals surface area contributed by atoms with Crippen LogP contribution >= 0.6 is 23.2 Å². The van der Waals surface area contributed by atoms with Crippen LogP contribution < -0.4 is 5.32 Å². The van der Waals surface area contributed by atoms with Crippen molar-refractivity contribution >= 4 is 63.4 Å². The molecule has 3 aromatic rings. The summed E-state index contributed by atoms with van der Waals surface area (Å²) in [5.41, 5.74) is 0.946. The van der Waals surface area contributed by atoms with Crippen LogP contribution in [0.1, 0.15) is 18.4 Å². The maximum absolute atomic E-state index is 11.9. The minimum Gasteiger partial charge on any atom is -0.493 e. The zero-order valence-electron chi connectivity index (χ0n) is 15.9. The third kappa shape index (κ3) is 4.37. The fourth-order valence-electron chi connectivity index (χ4n) is 3.22. The van der Waals surface area contributed by atoms with Gasteiger partial charge in [-0.05, 0) is 30.7 Å². The molecule has 1 amide bonds. The first-order chi connectivity index (χ1) is 14.8. The number of nitro groups is 1. The number of halogens is 2. The summed E-state index contributed by atoms with van der Waals surface area (Å²) in [7, 11) is 0. The van der Waals surface area contributed by atoms with Gasteiger partial charge in [-0.15, -0.1) is 0 Å². The molecule has 1 aliphatic rings. The first-order valence-corrected chi connectivity index (χ1v) is 9.96. The Balaban J connectivity index is 1.79. The van der Waals surface area contributed by atoms with Crippen LogP contribution in [0.4, 0.5) is 17.3 Å². The van der Waals surface area contributed by atoms with Crippen molar-refractivity contribution in [1.82, 2.24) is 14.9 Å². The molecule has 4 rings (SSSR count). The van der Waals surface area contributed by atoms with Gasteiger partial charge in [0, 0.05) is 42.5 Å². The molecule has 2 aromatic carbocycles. The lowest BCUT2D eigenvalue weighted by molar-refractivity contribution is -0.384. The van der Waals surface area contributed by atoms with Crippen LogP contribution in [-0.4, -0.2) is 37.3 Å². The van der Waals surface area contributed by atoms with Crippen molar-refractivity contribution in [2.45, 2.75) is 12.8 Å². The number of hydrogen-bond donors (Lipinski definition) is 2. The molecule has 2 N–H and O–H groups in total. The fraction of sp³-hybridized carbons (Fsp3) is 0.150. The maximum Gasteiger partial charge on any atom is 0.270 e. The number of non-ortho nitro benzene ring substituents is 1. The average Bonchev–Trinajstić information content (AvgIpc) is 3.14. The van der Waals surface area contributed by atoms with Crippen LogP contribution in [0.15, 0.2) is 36.5 Å². The zero-order chi connectivity index (χ0) is 22.1. The number of carbonyl (C=O) groups excluding carboxylic acids is 1. The van der Waals surface area contributed by atoms with Gasteiger partial charge in [-0.25, -0.2) is 4.98 Å². The van der Waals surface area contributed by atoms with Gasteiger partial charge in [0.05, 0.1) is 25.9 Å². The molecule has 0 unspecified atom stereocenters. The Hall–Kier alpha value is -3.43. The Labute approximate surface area is 186 Å². The molecule has 0 bridgehead atoms. The summed E-state index contributed by atoms with van der Waals surface area (Å²) in [5, 5.41) is 25.5. The molecule has 31 heavy (non-hydrogen) atoms. The number of hydrogen-bond acceptors (Lipinski definition) is 7. The first-order valence-electron chi connectivity index (χ1n) is 9.21. The highest BCUT2D eigenvalue weighted by Crippen LogP contribution is 2.32. The van der Waals surface area contributed by atoms with Crippen molar-refractivity contribution in [3.63, 3.8) is 0 Å². The zero-order valence-corrected chi connectivity index (χ0v) is 17.4. The van der Waals surface area contributed by atoms with Crippen LogP contribution in [0.5, 0.6) is 5.88 Å². The van der Waals surface area contributed by atoms with E-state index in [4.69, 9.17) is 23.2 Å². The lowest BCUT2D eigenvalue weighted by Crippen LogP contribution is -2.17. The lowest BCUT2D eigenvalue weighted by Gasteiger charge is -2.11. The van der Waals surface area contributed by atoms with E-state index < -0.39 is 10.8 Å². The van der Waals surface area contributed by atoms with Gasteiger partial charge in [0.15, 0.2) is 0 Å². The summed E-state index contributed by atoms with van der Waals surface area (Å²) >= 11 is 12.0. The van der Waals surface area contributed by atoms with E-state index in [1.807, 2.05) is 0 Å². The van der Waals surface area contributed by atoms with Crippen molar-refractivity contribution in [2.75, 3.05) is 11.9 Å². The highest BCUT2D eigenvalue weighted by Gasteiger charge is 2.19. The third-order valence-corrected chi connectivity index (χ3v) is 5.46. The van der Waals surface area contributed by atoms with E-state index in [-0.39, 0.29) is 28.4 Å². The van der Waals surface area contributed by atoms with Gasteiger partial charge in [-0.2, -0.15) is 4.98 Å². The number of fused-ring (bicyclic) bond motifs is 1. The summed E-state index contributed by atoms with van der Waals surface area (Å²) in [6.45, 7) is 0.576. The second-order valence-electron chi connectivity index (χ2n) is 6.82. The van der Waals surface area contributed by atoms with Crippen LogP contribution in [-0.2, 0) is 4.79 Å². The second kappa shape index (κ2) is 8.37. The van der Waals surface area contributed by atoms with Crippen LogP contribution in [0.25, 0.3) is 17.0 Å². The largest absolute Gasteiger partial charge is 0.493 e. The van der Waals surface area contributed by atoms with E-state index in [0.717, 1.165) is 6.42 Å². The summed E-state index contributed by atoms with van der Waals surface area (Å²) in [4.78, 5) is 32.6. The number of nitrogens with one attached hydrogen (secondary N) is 1. The number of likely N-dealkylation sites (tertiary alicyclic amines) is 1. The van der Waals surface area contributed by atoms with Gasteiger partial charge >= 0.3 is 0 Å². The quantitative estimate of drug-likeness (QED) is 0.411. The highest BCUT2D eigenvalue weighted by molar-refractivity contribution is 6.42. The lowest BCUT2D eigenvalue weighted by atomic mass is 10.1. The number of anilines is 2. The predicted molar refractivity (Wildman–Crippen MR) is 118 cm³/mol. The Morgan fingerprint density at radius 3 is 2.68 bits per heavy atom. The molecular formula is C20H15Cl2N5O4. The maximum atomic E-state index is 11.9. The van der Waals surface area contributed by atoms with E-state index >= 15 is 0 Å². The van der Waals surface area contributed by atoms with Crippen molar-refractivity contribution in [2.24, 2.45) is 0 Å². The van der Waals surface area contributed by atoms with Crippen molar-refractivity contribution in [3.05, 3.63) is 62.3 Å². The van der Waals surface area contributed by atoms with Gasteiger partial charge in [-0.3, -0.25) is 14.9 Å². The van der Waals surface area contributed by atoms with Gasteiger partial charge in [-0.1, -0.05) is 23.2 Å². The number of aromatic hydroxyl groups is 1. The summed E-state index contributed by atoms with van der Waals surface area (Å²) < 4.78 is 0. The van der Waals surface area contributed by atoms with Crippen molar-refractivity contribution in [1.29, 1.82) is 0 Å². The number of nitrogens with zero attached hydrogens (tertiary/aromatic N) is 4. The molecular weight excluding hydrogens is 445 g/mol. The Bertz CT molecular complexity index is 1250.